The zero-order valence-electron chi connectivity index (χ0n) is 20.8. The summed E-state index contributed by atoms with van der Waals surface area (Å²) >= 11 is 0. The summed E-state index contributed by atoms with van der Waals surface area (Å²) in [4.78, 5) is 12.1. The lowest BCUT2D eigenvalue weighted by Crippen LogP contribution is -2.54. The van der Waals surface area contributed by atoms with Crippen molar-refractivity contribution in [2.75, 3.05) is 6.61 Å². The molecule has 1 unspecified atom stereocenters. The molecule has 4 nitrogen and oxygen atoms in total. The van der Waals surface area contributed by atoms with Gasteiger partial charge >= 0.3 is 0 Å². The summed E-state index contributed by atoms with van der Waals surface area (Å²) in [5, 5.41) is 12.7. The Balaban J connectivity index is 1.43. The van der Waals surface area contributed by atoms with Crippen LogP contribution in [0.2, 0.25) is 0 Å². The third kappa shape index (κ3) is 3.64. The maximum atomic E-state index is 13.8. The van der Waals surface area contributed by atoms with Crippen LogP contribution in [-0.2, 0) is 13.9 Å². The molecule has 4 aliphatic rings. The first kappa shape index (κ1) is 24.2. The molecule has 0 amide bonds. The quantitative estimate of drug-likeness (QED) is 0.493. The summed E-state index contributed by atoms with van der Waals surface area (Å²) in [5.74, 6) is 3.58. The molecule has 1 N–H and O–H groups in total. The van der Waals surface area contributed by atoms with Gasteiger partial charge in [0.15, 0.2) is 5.78 Å². The minimum atomic E-state index is -3.19. The van der Waals surface area contributed by atoms with Gasteiger partial charge in [0.25, 0.3) is 7.37 Å². The van der Waals surface area contributed by atoms with E-state index in [2.05, 4.69) is 13.8 Å². The number of carbonyl (C=O) groups excluding carboxylic acids is 1. The van der Waals surface area contributed by atoms with Crippen molar-refractivity contribution in [3.8, 4) is 0 Å². The van der Waals surface area contributed by atoms with Gasteiger partial charge in [-0.1, -0.05) is 37.6 Å². The van der Waals surface area contributed by atoms with Crippen LogP contribution in [-0.4, -0.2) is 23.1 Å². The monoisotopic (exact) mass is 482 g/mol. The van der Waals surface area contributed by atoms with Crippen molar-refractivity contribution < 1.29 is 19.0 Å². The van der Waals surface area contributed by atoms with Crippen LogP contribution in [0.3, 0.4) is 0 Å². The van der Waals surface area contributed by atoms with Crippen LogP contribution in [0.15, 0.2) is 53.9 Å². The Labute approximate surface area is 204 Å². The number of benzene rings is 1. The SMILES string of the molecule is CCOP(=O)(/C=C/[C@]1(O)CC[C@H]2[C@@H]3CCC4=CC(=O)CC[C@]4(C)[C@H]3CC[C@@]21C)c1ccccc1. The fourth-order valence-corrected chi connectivity index (χ4v) is 9.96. The topological polar surface area (TPSA) is 63.6 Å². The van der Waals surface area contributed by atoms with E-state index in [0.717, 1.165) is 38.5 Å². The number of hydrogen-bond donors (Lipinski definition) is 1. The van der Waals surface area contributed by atoms with Crippen molar-refractivity contribution in [3.63, 3.8) is 0 Å². The standard InChI is InChI=1S/C29H39O4P/c1-4-33-34(32,23-8-6-5-7-9-23)19-18-29(31)17-14-26-24-11-10-21-20-22(30)12-15-27(21,2)25(24)13-16-28(26,29)3/h5-9,18-20,24-26,31H,4,10-17H2,1-3H3/b19-18+/t24-,25+,26+,27+,28+,29-,34?/m1/s1. The number of rotatable bonds is 5. The molecule has 0 spiro atoms. The van der Waals surface area contributed by atoms with Crippen molar-refractivity contribution >= 4 is 18.5 Å². The molecule has 3 fully saturated rings. The van der Waals surface area contributed by atoms with E-state index in [9.17, 15) is 14.5 Å². The van der Waals surface area contributed by atoms with Crippen LogP contribution in [0.1, 0.15) is 72.1 Å². The van der Waals surface area contributed by atoms with E-state index in [-0.39, 0.29) is 10.8 Å². The van der Waals surface area contributed by atoms with Gasteiger partial charge < -0.3 is 9.63 Å². The average Bonchev–Trinajstić information content (AvgIpc) is 3.10. The molecule has 4 aliphatic carbocycles. The van der Waals surface area contributed by atoms with E-state index in [1.807, 2.05) is 49.4 Å². The molecule has 1 aromatic rings. The number of aliphatic hydroxyl groups is 1. The van der Waals surface area contributed by atoms with Crippen molar-refractivity contribution in [3.05, 3.63) is 53.9 Å². The van der Waals surface area contributed by atoms with Crippen LogP contribution >= 0.6 is 7.37 Å². The highest BCUT2D eigenvalue weighted by molar-refractivity contribution is 7.70. The van der Waals surface area contributed by atoms with E-state index >= 15 is 0 Å². The predicted molar refractivity (Wildman–Crippen MR) is 136 cm³/mol. The van der Waals surface area contributed by atoms with Crippen LogP contribution in [0.5, 0.6) is 0 Å². The highest BCUT2D eigenvalue weighted by Gasteiger charge is 2.63. The van der Waals surface area contributed by atoms with E-state index in [1.54, 1.807) is 5.82 Å². The molecule has 7 atom stereocenters. The highest BCUT2D eigenvalue weighted by Crippen LogP contribution is 2.68. The van der Waals surface area contributed by atoms with Gasteiger partial charge in [-0.25, -0.2) is 0 Å². The van der Waals surface area contributed by atoms with Gasteiger partial charge in [0.2, 0.25) is 0 Å². The summed E-state index contributed by atoms with van der Waals surface area (Å²) in [5.41, 5.74) is 0.291. The lowest BCUT2D eigenvalue weighted by Gasteiger charge is -2.59. The molecular weight excluding hydrogens is 443 g/mol. The molecule has 0 aliphatic heterocycles. The lowest BCUT2D eigenvalue weighted by molar-refractivity contribution is -0.120. The molecule has 3 saturated carbocycles. The van der Waals surface area contributed by atoms with Gasteiger partial charge in [-0.05, 0) is 99.3 Å². The second-order valence-electron chi connectivity index (χ2n) is 11.6. The molecule has 0 saturated heterocycles. The zero-order valence-corrected chi connectivity index (χ0v) is 21.7. The van der Waals surface area contributed by atoms with Gasteiger partial charge in [0, 0.05) is 23.0 Å². The van der Waals surface area contributed by atoms with Gasteiger partial charge in [0.1, 0.15) is 0 Å². The normalized spacial score (nSPS) is 41.4. The first-order chi connectivity index (χ1) is 16.2. The smallest absolute Gasteiger partial charge is 0.254 e. The van der Waals surface area contributed by atoms with E-state index in [4.69, 9.17) is 4.52 Å². The fraction of sp³-hybridized carbons (Fsp3) is 0.621. The molecule has 184 valence electrons. The molecule has 0 bridgehead atoms. The minimum absolute atomic E-state index is 0.132. The Hall–Kier alpha value is -1.48. The Bertz CT molecular complexity index is 1060. The summed E-state index contributed by atoms with van der Waals surface area (Å²) in [6, 6.07) is 9.35. The van der Waals surface area contributed by atoms with Crippen molar-refractivity contribution in [2.45, 2.75) is 77.7 Å². The van der Waals surface area contributed by atoms with Crippen LogP contribution < -0.4 is 5.30 Å². The molecule has 0 radical (unpaired) electrons. The molecular formula is C29H39O4P. The summed E-state index contributed by atoms with van der Waals surface area (Å²) in [6.45, 7) is 6.87. The summed E-state index contributed by atoms with van der Waals surface area (Å²) in [6.07, 6.45) is 11.3. The fourth-order valence-electron chi connectivity index (χ4n) is 8.14. The van der Waals surface area contributed by atoms with Gasteiger partial charge in [-0.15, -0.1) is 0 Å². The average molecular weight is 483 g/mol. The van der Waals surface area contributed by atoms with Gasteiger partial charge in [0.05, 0.1) is 12.2 Å². The molecule has 0 aromatic heterocycles. The maximum Gasteiger partial charge on any atom is 0.254 e. The number of fused-ring (bicyclic) bond motifs is 5. The third-order valence-electron chi connectivity index (χ3n) is 10.2. The second-order valence-corrected chi connectivity index (χ2v) is 13.8. The van der Waals surface area contributed by atoms with Crippen molar-refractivity contribution in [1.29, 1.82) is 0 Å². The Morgan fingerprint density at radius 3 is 2.53 bits per heavy atom. The molecule has 5 rings (SSSR count). The van der Waals surface area contributed by atoms with Crippen molar-refractivity contribution in [2.24, 2.45) is 28.6 Å². The Morgan fingerprint density at radius 1 is 1.06 bits per heavy atom. The molecule has 0 heterocycles. The first-order valence-electron chi connectivity index (χ1n) is 13.1. The van der Waals surface area contributed by atoms with Crippen molar-refractivity contribution in [1.82, 2.24) is 0 Å². The van der Waals surface area contributed by atoms with Crippen LogP contribution in [0, 0.1) is 28.6 Å². The largest absolute Gasteiger partial charge is 0.385 e. The lowest BCUT2D eigenvalue weighted by atomic mass is 9.46. The number of ketones is 1. The molecule has 34 heavy (non-hydrogen) atoms. The summed E-state index contributed by atoms with van der Waals surface area (Å²) in [7, 11) is -3.19. The van der Waals surface area contributed by atoms with Crippen LogP contribution in [0.4, 0.5) is 0 Å². The maximum absolute atomic E-state index is 13.8. The first-order valence-corrected chi connectivity index (χ1v) is 14.8. The molecule has 1 aromatic carbocycles. The van der Waals surface area contributed by atoms with E-state index in [0.29, 0.717) is 48.3 Å². The Morgan fingerprint density at radius 2 is 1.79 bits per heavy atom. The number of carbonyl (C=O) groups is 1. The van der Waals surface area contributed by atoms with Crippen LogP contribution in [0.25, 0.3) is 0 Å². The molecule has 5 heteroatoms. The van der Waals surface area contributed by atoms with Gasteiger partial charge in [-0.2, -0.15) is 0 Å². The third-order valence-corrected chi connectivity index (χ3v) is 12.4. The number of allylic oxidation sites excluding steroid dienone is 1. The second kappa shape index (κ2) is 8.57. The van der Waals surface area contributed by atoms with Gasteiger partial charge in [-0.3, -0.25) is 9.36 Å². The zero-order chi connectivity index (χ0) is 24.2. The summed E-state index contributed by atoms with van der Waals surface area (Å²) < 4.78 is 19.6. The number of hydrogen-bond acceptors (Lipinski definition) is 4. The minimum Gasteiger partial charge on any atom is -0.385 e. The highest BCUT2D eigenvalue weighted by atomic mass is 31.2. The van der Waals surface area contributed by atoms with E-state index < -0.39 is 13.0 Å². The predicted octanol–water partition coefficient (Wildman–Crippen LogP) is 6.40. The Kier molecular flexibility index (Phi) is 6.11. The van der Waals surface area contributed by atoms with E-state index in [1.165, 1.54) is 5.57 Å².